The van der Waals surface area contributed by atoms with Gasteiger partial charge in [0, 0.05) is 37.4 Å². The number of methoxy groups -OCH3 is 1. The molecule has 4 heteroatoms. The summed E-state index contributed by atoms with van der Waals surface area (Å²) in [5, 5.41) is 0. The molecule has 0 radical (unpaired) electrons. The maximum Gasteiger partial charge on any atom is 0.0487 e. The molecule has 0 saturated carbocycles. The predicted octanol–water partition coefficient (Wildman–Crippen LogP) is 2.76. The average Bonchev–Trinajstić information content (AvgIpc) is 2.33. The Morgan fingerprint density at radius 2 is 2.11 bits per heavy atom. The lowest BCUT2D eigenvalue weighted by Gasteiger charge is -2.12. The zero-order valence-corrected chi connectivity index (χ0v) is 12.5. The van der Waals surface area contributed by atoms with Gasteiger partial charge in [0.15, 0.2) is 0 Å². The Bertz CT molecular complexity index is 333. The number of halogens is 1. The van der Waals surface area contributed by atoms with E-state index < -0.39 is 0 Å². The number of hydrogen-bond donors (Lipinski definition) is 1. The Labute approximate surface area is 118 Å². The Morgan fingerprint density at radius 1 is 1.28 bits per heavy atom. The fraction of sp³-hybridized carbons (Fsp3) is 0.571. The molecule has 1 atom stereocenters. The predicted molar refractivity (Wildman–Crippen MR) is 77.8 cm³/mol. The third kappa shape index (κ3) is 7.11. The molecule has 0 bridgehead atoms. The van der Waals surface area contributed by atoms with E-state index >= 15 is 0 Å². The summed E-state index contributed by atoms with van der Waals surface area (Å²) in [5.74, 6) is 0. The van der Waals surface area contributed by atoms with E-state index in [1.54, 1.807) is 7.11 Å². The molecule has 0 aliphatic heterocycles. The topological polar surface area (TPSA) is 44.5 Å². The van der Waals surface area contributed by atoms with Crippen molar-refractivity contribution < 1.29 is 9.47 Å². The lowest BCUT2D eigenvalue weighted by atomic mass is 10.0. The van der Waals surface area contributed by atoms with Crippen LogP contribution in [0.5, 0.6) is 0 Å². The average molecular weight is 316 g/mol. The lowest BCUT2D eigenvalue weighted by molar-refractivity contribution is 0.0984. The van der Waals surface area contributed by atoms with E-state index in [4.69, 9.17) is 15.2 Å². The summed E-state index contributed by atoms with van der Waals surface area (Å²) in [7, 11) is 1.70. The van der Waals surface area contributed by atoms with Crippen LogP contribution >= 0.6 is 15.9 Å². The molecule has 0 aromatic heterocycles. The fourth-order valence-electron chi connectivity index (χ4n) is 1.71. The van der Waals surface area contributed by atoms with E-state index in [-0.39, 0.29) is 6.04 Å². The molecule has 1 aromatic rings. The van der Waals surface area contributed by atoms with Crippen LogP contribution in [0.25, 0.3) is 0 Å². The van der Waals surface area contributed by atoms with Gasteiger partial charge in [-0.3, -0.25) is 0 Å². The molecular weight excluding hydrogens is 294 g/mol. The Morgan fingerprint density at radius 3 is 2.83 bits per heavy atom. The van der Waals surface area contributed by atoms with Crippen molar-refractivity contribution in [2.24, 2.45) is 5.73 Å². The molecule has 3 nitrogen and oxygen atoms in total. The summed E-state index contributed by atoms with van der Waals surface area (Å²) in [6.07, 6.45) is 2.72. The molecule has 0 spiro atoms. The number of hydrogen-bond acceptors (Lipinski definition) is 3. The summed E-state index contributed by atoms with van der Waals surface area (Å²) < 4.78 is 11.5. The van der Waals surface area contributed by atoms with E-state index in [0.717, 1.165) is 43.6 Å². The second-order valence-corrected chi connectivity index (χ2v) is 5.26. The Kier molecular flexibility index (Phi) is 8.25. The van der Waals surface area contributed by atoms with Crippen molar-refractivity contribution >= 4 is 15.9 Å². The van der Waals surface area contributed by atoms with Crippen LogP contribution in [0.15, 0.2) is 28.7 Å². The van der Waals surface area contributed by atoms with Gasteiger partial charge in [-0.2, -0.15) is 0 Å². The molecule has 0 amide bonds. The molecule has 1 rings (SSSR count). The van der Waals surface area contributed by atoms with Crippen LogP contribution in [0.2, 0.25) is 0 Å². The molecule has 18 heavy (non-hydrogen) atoms. The Balaban J connectivity index is 2.12. The highest BCUT2D eigenvalue weighted by Gasteiger charge is 2.04. The van der Waals surface area contributed by atoms with Crippen LogP contribution < -0.4 is 5.73 Å². The molecule has 2 N–H and O–H groups in total. The van der Waals surface area contributed by atoms with Gasteiger partial charge in [0.25, 0.3) is 0 Å². The van der Waals surface area contributed by atoms with Crippen LogP contribution in [0.4, 0.5) is 0 Å². The first-order valence-electron chi connectivity index (χ1n) is 6.29. The monoisotopic (exact) mass is 315 g/mol. The van der Waals surface area contributed by atoms with Gasteiger partial charge in [-0.25, -0.2) is 0 Å². The molecule has 0 fully saturated rings. The highest BCUT2D eigenvalue weighted by molar-refractivity contribution is 9.10. The van der Waals surface area contributed by atoms with Crippen molar-refractivity contribution in [3.63, 3.8) is 0 Å². The molecule has 102 valence electrons. The van der Waals surface area contributed by atoms with Gasteiger partial charge in [0.05, 0.1) is 0 Å². The smallest absolute Gasteiger partial charge is 0.0487 e. The van der Waals surface area contributed by atoms with Crippen LogP contribution in [-0.4, -0.2) is 33.0 Å². The Hall–Kier alpha value is -0.420. The SMILES string of the molecule is COCCCOCCC(N)Cc1cccc(Br)c1. The summed E-state index contributed by atoms with van der Waals surface area (Å²) in [6.45, 7) is 2.22. The van der Waals surface area contributed by atoms with Crippen molar-refractivity contribution in [1.29, 1.82) is 0 Å². The molecular formula is C14H22BrNO2. The second-order valence-electron chi connectivity index (χ2n) is 4.34. The van der Waals surface area contributed by atoms with Gasteiger partial charge in [0.1, 0.15) is 0 Å². The zero-order valence-electron chi connectivity index (χ0n) is 10.9. The minimum atomic E-state index is 0.154. The van der Waals surface area contributed by atoms with E-state index in [2.05, 4.69) is 28.1 Å². The number of benzene rings is 1. The minimum Gasteiger partial charge on any atom is -0.385 e. The zero-order chi connectivity index (χ0) is 13.2. The first-order valence-corrected chi connectivity index (χ1v) is 7.08. The summed E-state index contributed by atoms with van der Waals surface area (Å²) >= 11 is 3.46. The van der Waals surface area contributed by atoms with Crippen LogP contribution in [-0.2, 0) is 15.9 Å². The third-order valence-electron chi connectivity index (χ3n) is 2.66. The molecule has 0 saturated heterocycles. The van der Waals surface area contributed by atoms with Gasteiger partial charge in [-0.15, -0.1) is 0 Å². The van der Waals surface area contributed by atoms with Crippen molar-refractivity contribution in [3.05, 3.63) is 34.3 Å². The third-order valence-corrected chi connectivity index (χ3v) is 3.15. The maximum atomic E-state index is 6.08. The number of nitrogens with two attached hydrogens (primary N) is 1. The van der Waals surface area contributed by atoms with Gasteiger partial charge in [-0.05, 0) is 37.0 Å². The van der Waals surface area contributed by atoms with Crippen molar-refractivity contribution in [1.82, 2.24) is 0 Å². The van der Waals surface area contributed by atoms with E-state index in [0.29, 0.717) is 0 Å². The first kappa shape index (κ1) is 15.6. The fourth-order valence-corrected chi connectivity index (χ4v) is 2.16. The van der Waals surface area contributed by atoms with Gasteiger partial charge in [0.2, 0.25) is 0 Å². The van der Waals surface area contributed by atoms with Gasteiger partial charge >= 0.3 is 0 Å². The standard InChI is InChI=1S/C14H22BrNO2/c1-17-7-3-8-18-9-6-14(16)11-12-4-2-5-13(15)10-12/h2,4-5,10,14H,3,6-9,11,16H2,1H3. The van der Waals surface area contributed by atoms with E-state index in [1.165, 1.54) is 5.56 Å². The second kappa shape index (κ2) is 9.50. The molecule has 1 aromatic carbocycles. The molecule has 0 aliphatic rings. The summed E-state index contributed by atoms with van der Waals surface area (Å²) in [4.78, 5) is 0. The quantitative estimate of drug-likeness (QED) is 0.713. The van der Waals surface area contributed by atoms with Crippen LogP contribution in [0.1, 0.15) is 18.4 Å². The van der Waals surface area contributed by atoms with Crippen molar-refractivity contribution in [3.8, 4) is 0 Å². The van der Waals surface area contributed by atoms with Crippen molar-refractivity contribution in [2.75, 3.05) is 26.9 Å². The lowest BCUT2D eigenvalue weighted by Crippen LogP contribution is -2.24. The molecule has 1 unspecified atom stereocenters. The van der Waals surface area contributed by atoms with Gasteiger partial charge in [-0.1, -0.05) is 28.1 Å². The maximum absolute atomic E-state index is 6.08. The highest BCUT2D eigenvalue weighted by atomic mass is 79.9. The summed E-state index contributed by atoms with van der Waals surface area (Å²) in [6, 6.07) is 8.42. The van der Waals surface area contributed by atoms with E-state index in [9.17, 15) is 0 Å². The van der Waals surface area contributed by atoms with Crippen LogP contribution in [0.3, 0.4) is 0 Å². The molecule has 0 aliphatic carbocycles. The number of ether oxygens (including phenoxy) is 2. The largest absolute Gasteiger partial charge is 0.385 e. The molecule has 0 heterocycles. The van der Waals surface area contributed by atoms with Gasteiger partial charge < -0.3 is 15.2 Å². The summed E-state index contributed by atoms with van der Waals surface area (Å²) in [5.41, 5.74) is 7.34. The number of rotatable bonds is 9. The normalized spacial score (nSPS) is 12.6. The van der Waals surface area contributed by atoms with E-state index in [1.807, 2.05) is 12.1 Å². The minimum absolute atomic E-state index is 0.154. The van der Waals surface area contributed by atoms with Crippen molar-refractivity contribution in [2.45, 2.75) is 25.3 Å². The first-order chi connectivity index (χ1) is 8.72. The highest BCUT2D eigenvalue weighted by Crippen LogP contribution is 2.13. The van der Waals surface area contributed by atoms with Crippen LogP contribution in [0, 0.1) is 0 Å².